The first kappa shape index (κ1) is 42.6. The minimum absolute atomic E-state index is 1.11. The average molecular weight is 977 g/mol. The van der Waals surface area contributed by atoms with Crippen molar-refractivity contribution >= 4 is 140 Å². The quantitative estimate of drug-likeness (QED) is 0.111. The first-order valence-electron chi connectivity index (χ1n) is 25.2. The molecule has 346 valence electrons. The second-order valence-electron chi connectivity index (χ2n) is 19.2. The van der Waals surface area contributed by atoms with Crippen molar-refractivity contribution in [1.82, 2.24) is 0 Å². The van der Waals surface area contributed by atoms with E-state index in [1.807, 2.05) is 22.7 Å². The Kier molecular flexibility index (Phi) is 9.97. The summed E-state index contributed by atoms with van der Waals surface area (Å²) in [7, 11) is 0. The van der Waals surface area contributed by atoms with Crippen molar-refractivity contribution in [3.63, 3.8) is 0 Å². The highest BCUT2D eigenvalue weighted by molar-refractivity contribution is 7.27. The summed E-state index contributed by atoms with van der Waals surface area (Å²) in [5.74, 6) is 0. The van der Waals surface area contributed by atoms with Gasteiger partial charge in [0.15, 0.2) is 0 Å². The summed E-state index contributed by atoms with van der Waals surface area (Å²) in [6.45, 7) is 0. The van der Waals surface area contributed by atoms with Crippen LogP contribution in [0.4, 0.5) is 34.1 Å². The molecule has 2 heterocycles. The van der Waals surface area contributed by atoms with E-state index in [-0.39, 0.29) is 0 Å². The third-order valence-corrected chi connectivity index (χ3v) is 17.4. The molecule has 74 heavy (non-hydrogen) atoms. The summed E-state index contributed by atoms with van der Waals surface area (Å²) in [5.41, 5.74) is 11.6. The lowest BCUT2D eigenvalue weighted by atomic mass is 9.88. The standard InChI is InChI=1S/C70H44N2S2/c1-5-17-49(18-6-1)71(50-19-7-2-8-20-50)53-33-29-45(30-34-53)61-41-47-43-64-48(44-63(47)67-57(61)37-39-59-55-25-13-15-27-65(55)73-69(59)67)42-62(58-38-40-60-56-26-14-16-28-66(56)74-70(60)68(58)64)46-31-35-54(36-32-46)72(51-21-9-3-10-22-51)52-23-11-4-12-24-52/h1-44H. The predicted molar refractivity (Wildman–Crippen MR) is 322 cm³/mol. The van der Waals surface area contributed by atoms with Gasteiger partial charge in [0.25, 0.3) is 0 Å². The summed E-state index contributed by atoms with van der Waals surface area (Å²) in [6.07, 6.45) is 0. The van der Waals surface area contributed by atoms with Crippen molar-refractivity contribution < 1.29 is 0 Å². The Morgan fingerprint density at radius 3 is 0.905 bits per heavy atom. The Morgan fingerprint density at radius 2 is 0.541 bits per heavy atom. The van der Waals surface area contributed by atoms with Crippen molar-refractivity contribution in [2.45, 2.75) is 0 Å². The van der Waals surface area contributed by atoms with Gasteiger partial charge >= 0.3 is 0 Å². The molecule has 15 rings (SSSR count). The number of para-hydroxylation sites is 4. The molecule has 15 aromatic rings. The Bertz CT molecular complexity index is 4240. The second-order valence-corrected chi connectivity index (χ2v) is 21.3. The zero-order valence-corrected chi connectivity index (χ0v) is 41.7. The largest absolute Gasteiger partial charge is 0.311 e. The van der Waals surface area contributed by atoms with Gasteiger partial charge in [-0.25, -0.2) is 0 Å². The van der Waals surface area contributed by atoms with Gasteiger partial charge in [0, 0.05) is 85.2 Å². The molecule has 13 aromatic carbocycles. The zero-order valence-electron chi connectivity index (χ0n) is 40.1. The molecule has 4 heteroatoms. The van der Waals surface area contributed by atoms with Gasteiger partial charge < -0.3 is 9.80 Å². The zero-order chi connectivity index (χ0) is 48.7. The Morgan fingerprint density at radius 1 is 0.230 bits per heavy atom. The fourth-order valence-corrected chi connectivity index (χ4v) is 14.1. The van der Waals surface area contributed by atoms with E-state index < -0.39 is 0 Å². The molecule has 0 saturated carbocycles. The van der Waals surface area contributed by atoms with Crippen molar-refractivity contribution in [2.24, 2.45) is 0 Å². The Labute approximate surface area is 436 Å². The summed E-state index contributed by atoms with van der Waals surface area (Å²) in [4.78, 5) is 4.67. The molecular formula is C70H44N2S2. The van der Waals surface area contributed by atoms with Crippen LogP contribution in [0.15, 0.2) is 267 Å². The molecule has 0 aliphatic rings. The van der Waals surface area contributed by atoms with Crippen LogP contribution in [0, 0.1) is 0 Å². The lowest BCUT2D eigenvalue weighted by Gasteiger charge is -2.25. The molecule has 0 spiro atoms. The molecule has 0 unspecified atom stereocenters. The monoisotopic (exact) mass is 976 g/mol. The number of hydrogen-bond donors (Lipinski definition) is 0. The van der Waals surface area contributed by atoms with Crippen LogP contribution in [-0.4, -0.2) is 0 Å². The molecule has 0 aliphatic heterocycles. The van der Waals surface area contributed by atoms with E-state index in [9.17, 15) is 0 Å². The van der Waals surface area contributed by atoms with Crippen molar-refractivity contribution in [3.8, 4) is 22.3 Å². The SMILES string of the molecule is c1ccc(N(c2ccccc2)c2ccc(-c3cc4cc5c(cc(-c6ccc(N(c7ccccc7)c7ccccc7)cc6)c6ccc7c8ccccc8sc7c65)cc4c4c3ccc3c5ccccc5sc34)cc2)cc1. The van der Waals surface area contributed by atoms with Gasteiger partial charge in [0.2, 0.25) is 0 Å². The van der Waals surface area contributed by atoms with E-state index in [4.69, 9.17) is 0 Å². The highest BCUT2D eigenvalue weighted by atomic mass is 32.1. The van der Waals surface area contributed by atoms with E-state index in [0.29, 0.717) is 0 Å². The number of anilines is 6. The normalized spacial score (nSPS) is 11.8. The molecule has 0 saturated heterocycles. The molecule has 0 aliphatic carbocycles. The fraction of sp³-hybridized carbons (Fsp3) is 0. The first-order valence-corrected chi connectivity index (χ1v) is 26.9. The van der Waals surface area contributed by atoms with Gasteiger partial charge in [-0.2, -0.15) is 0 Å². The highest BCUT2D eigenvalue weighted by Gasteiger charge is 2.21. The highest BCUT2D eigenvalue weighted by Crippen LogP contribution is 2.49. The smallest absolute Gasteiger partial charge is 0.0462 e. The van der Waals surface area contributed by atoms with Crippen LogP contribution in [0.1, 0.15) is 0 Å². The number of hydrogen-bond acceptors (Lipinski definition) is 4. The molecular weight excluding hydrogens is 933 g/mol. The third-order valence-electron chi connectivity index (χ3n) is 15.0. The lowest BCUT2D eigenvalue weighted by molar-refractivity contribution is 1.28. The van der Waals surface area contributed by atoms with Crippen LogP contribution in [0.3, 0.4) is 0 Å². The molecule has 0 N–H and O–H groups in total. The van der Waals surface area contributed by atoms with E-state index in [0.717, 1.165) is 34.1 Å². The van der Waals surface area contributed by atoms with Crippen LogP contribution in [0.2, 0.25) is 0 Å². The number of nitrogens with zero attached hydrogens (tertiary/aromatic N) is 2. The van der Waals surface area contributed by atoms with Gasteiger partial charge in [0.05, 0.1) is 0 Å². The molecule has 2 nitrogen and oxygen atoms in total. The number of fused-ring (bicyclic) bond motifs is 14. The van der Waals surface area contributed by atoms with Crippen LogP contribution < -0.4 is 9.80 Å². The van der Waals surface area contributed by atoms with Gasteiger partial charge in [-0.05, 0) is 164 Å². The minimum Gasteiger partial charge on any atom is -0.311 e. The summed E-state index contributed by atoms with van der Waals surface area (Å²) in [6, 6.07) is 98.3. The molecule has 0 atom stereocenters. The third kappa shape index (κ3) is 6.91. The van der Waals surface area contributed by atoms with Crippen LogP contribution >= 0.6 is 22.7 Å². The van der Waals surface area contributed by atoms with E-state index in [2.05, 4.69) is 277 Å². The van der Waals surface area contributed by atoms with Gasteiger partial charge in [-0.15, -0.1) is 22.7 Å². The van der Waals surface area contributed by atoms with Crippen LogP contribution in [-0.2, 0) is 0 Å². The van der Waals surface area contributed by atoms with Gasteiger partial charge in [0.1, 0.15) is 0 Å². The maximum atomic E-state index is 2.51. The predicted octanol–water partition coefficient (Wildman–Crippen LogP) is 21.3. The molecule has 0 fully saturated rings. The topological polar surface area (TPSA) is 6.48 Å². The van der Waals surface area contributed by atoms with Gasteiger partial charge in [-0.3, -0.25) is 0 Å². The van der Waals surface area contributed by atoms with Crippen molar-refractivity contribution in [1.29, 1.82) is 0 Å². The number of rotatable bonds is 8. The molecule has 2 aromatic heterocycles. The average Bonchev–Trinajstić information content (AvgIpc) is 4.06. The molecule has 0 radical (unpaired) electrons. The minimum atomic E-state index is 1.11. The Hall–Kier alpha value is -9.06. The lowest BCUT2D eigenvalue weighted by Crippen LogP contribution is -2.09. The summed E-state index contributed by atoms with van der Waals surface area (Å²) >= 11 is 3.83. The number of benzene rings is 13. The number of thiophene rings is 2. The van der Waals surface area contributed by atoms with Crippen molar-refractivity contribution in [3.05, 3.63) is 267 Å². The van der Waals surface area contributed by atoms with E-state index in [1.54, 1.807) is 0 Å². The fourth-order valence-electron chi connectivity index (χ4n) is 11.6. The maximum absolute atomic E-state index is 2.51. The first-order chi connectivity index (χ1) is 36.7. The summed E-state index contributed by atoms with van der Waals surface area (Å²) in [5, 5.41) is 15.4. The van der Waals surface area contributed by atoms with Crippen molar-refractivity contribution in [2.75, 3.05) is 9.80 Å². The molecule has 0 bridgehead atoms. The Balaban J connectivity index is 0.976. The van der Waals surface area contributed by atoms with Gasteiger partial charge in [-0.1, -0.05) is 158 Å². The van der Waals surface area contributed by atoms with Crippen LogP contribution in [0.5, 0.6) is 0 Å². The second kappa shape index (κ2) is 17.3. The van der Waals surface area contributed by atoms with E-state index in [1.165, 1.54) is 106 Å². The van der Waals surface area contributed by atoms with Crippen LogP contribution in [0.25, 0.3) is 106 Å². The maximum Gasteiger partial charge on any atom is 0.0462 e. The molecule has 0 amide bonds. The van der Waals surface area contributed by atoms with E-state index >= 15 is 0 Å². The summed E-state index contributed by atoms with van der Waals surface area (Å²) < 4.78 is 5.27.